The van der Waals surface area contributed by atoms with Crippen molar-refractivity contribution in [3.05, 3.63) is 62.6 Å². The van der Waals surface area contributed by atoms with Gasteiger partial charge in [-0.05, 0) is 42.8 Å². The Labute approximate surface area is 136 Å². The van der Waals surface area contributed by atoms with Gasteiger partial charge in [-0.3, -0.25) is 4.79 Å². The van der Waals surface area contributed by atoms with Crippen LogP contribution in [0.5, 0.6) is 0 Å². The maximum Gasteiger partial charge on any atom is 0.159 e. The molecule has 3 nitrogen and oxygen atoms in total. The van der Waals surface area contributed by atoms with Gasteiger partial charge in [0.2, 0.25) is 0 Å². The van der Waals surface area contributed by atoms with Crippen molar-refractivity contribution in [1.29, 1.82) is 5.26 Å². The molecule has 0 unspecified atom stereocenters. The Morgan fingerprint density at radius 1 is 1.33 bits per heavy atom. The second-order valence-corrected chi connectivity index (χ2v) is 5.84. The molecule has 1 N–H and O–H groups in total. The number of halogens is 2. The van der Waals surface area contributed by atoms with Gasteiger partial charge in [0.25, 0.3) is 0 Å². The zero-order valence-corrected chi connectivity index (χ0v) is 13.6. The molecule has 0 aliphatic carbocycles. The van der Waals surface area contributed by atoms with E-state index in [2.05, 4.69) is 27.3 Å². The lowest BCUT2D eigenvalue weighted by Gasteiger charge is -2.11. The highest BCUT2D eigenvalue weighted by atomic mass is 79.9. The van der Waals surface area contributed by atoms with Gasteiger partial charge in [0, 0.05) is 21.6 Å². The van der Waals surface area contributed by atoms with Crippen molar-refractivity contribution in [1.82, 2.24) is 0 Å². The third-order valence-electron chi connectivity index (χ3n) is 3.03. The molecule has 2 rings (SSSR count). The first-order valence-corrected chi connectivity index (χ1v) is 7.41. The Balaban J connectivity index is 2.24. The summed E-state index contributed by atoms with van der Waals surface area (Å²) in [5, 5.41) is 12.9. The summed E-state index contributed by atoms with van der Waals surface area (Å²) in [6.07, 6.45) is 0. The zero-order valence-electron chi connectivity index (χ0n) is 11.3. The minimum atomic E-state index is -0.0378. The summed E-state index contributed by atoms with van der Waals surface area (Å²) in [5.41, 5.74) is 2.60. The number of hydrogen-bond donors (Lipinski definition) is 1. The van der Waals surface area contributed by atoms with Crippen LogP contribution in [-0.2, 0) is 6.54 Å². The van der Waals surface area contributed by atoms with E-state index in [1.807, 2.05) is 18.2 Å². The van der Waals surface area contributed by atoms with Crippen LogP contribution in [0.25, 0.3) is 0 Å². The van der Waals surface area contributed by atoms with Crippen molar-refractivity contribution in [2.75, 3.05) is 5.32 Å². The molecule has 106 valence electrons. The topological polar surface area (TPSA) is 52.9 Å². The molecule has 2 aromatic rings. The molecule has 0 amide bonds. The quantitative estimate of drug-likeness (QED) is 0.795. The average Bonchev–Trinajstić information content (AvgIpc) is 2.46. The number of rotatable bonds is 4. The molecular weight excluding hydrogens is 352 g/mol. The fourth-order valence-corrected chi connectivity index (χ4v) is 2.60. The number of anilines is 1. The van der Waals surface area contributed by atoms with E-state index < -0.39 is 0 Å². The molecule has 5 heteroatoms. The number of nitriles is 1. The Morgan fingerprint density at radius 2 is 2.10 bits per heavy atom. The van der Waals surface area contributed by atoms with Crippen LogP contribution in [0.15, 0.2) is 40.9 Å². The summed E-state index contributed by atoms with van der Waals surface area (Å²) in [5.74, 6) is -0.0378. The maximum absolute atomic E-state index is 11.4. The number of ketones is 1. The fourth-order valence-electron chi connectivity index (χ4n) is 1.86. The zero-order chi connectivity index (χ0) is 15.4. The molecule has 0 heterocycles. The highest BCUT2D eigenvalue weighted by Crippen LogP contribution is 2.24. The smallest absolute Gasteiger partial charge is 0.159 e. The minimum Gasteiger partial charge on any atom is -0.380 e. The number of benzene rings is 2. The number of nitrogens with zero attached hydrogens (tertiary/aromatic N) is 1. The predicted molar refractivity (Wildman–Crippen MR) is 87.6 cm³/mol. The van der Waals surface area contributed by atoms with Crippen molar-refractivity contribution < 1.29 is 4.79 Å². The first-order valence-electron chi connectivity index (χ1n) is 6.24. The molecule has 0 saturated heterocycles. The van der Waals surface area contributed by atoms with Gasteiger partial charge in [0.1, 0.15) is 6.07 Å². The van der Waals surface area contributed by atoms with E-state index in [0.717, 1.165) is 10.0 Å². The number of carbonyl (C=O) groups excluding carboxylic acids is 1. The Hall–Kier alpha value is -1.83. The maximum atomic E-state index is 11.4. The molecule has 0 saturated carbocycles. The Morgan fingerprint density at radius 3 is 2.71 bits per heavy atom. The van der Waals surface area contributed by atoms with Crippen molar-refractivity contribution in [2.45, 2.75) is 13.5 Å². The predicted octanol–water partition coefficient (Wildman–Crippen LogP) is 4.79. The van der Waals surface area contributed by atoms with Gasteiger partial charge in [0.05, 0.1) is 11.3 Å². The molecule has 0 aliphatic heterocycles. The monoisotopic (exact) mass is 362 g/mol. The van der Waals surface area contributed by atoms with Crippen LogP contribution in [0.4, 0.5) is 5.69 Å². The number of hydrogen-bond acceptors (Lipinski definition) is 3. The van der Waals surface area contributed by atoms with E-state index in [1.165, 1.54) is 6.92 Å². The molecule has 0 spiro atoms. The third kappa shape index (κ3) is 3.84. The van der Waals surface area contributed by atoms with Crippen molar-refractivity contribution in [3.63, 3.8) is 0 Å². The summed E-state index contributed by atoms with van der Waals surface area (Å²) in [6.45, 7) is 1.97. The van der Waals surface area contributed by atoms with E-state index in [0.29, 0.717) is 28.4 Å². The van der Waals surface area contributed by atoms with Crippen LogP contribution in [-0.4, -0.2) is 5.78 Å². The van der Waals surface area contributed by atoms with Gasteiger partial charge in [-0.25, -0.2) is 0 Å². The number of nitrogens with one attached hydrogen (secondary N) is 1. The Bertz CT molecular complexity index is 738. The SMILES string of the molecule is CC(=O)c1ccc(C#N)c(NCc2ccc(Br)cc2Cl)c1. The number of Topliss-reactive ketones (excluding diaryl/α,β-unsaturated/α-hetero) is 1. The van der Waals surface area contributed by atoms with Gasteiger partial charge in [0.15, 0.2) is 5.78 Å². The van der Waals surface area contributed by atoms with E-state index in [1.54, 1.807) is 18.2 Å². The second kappa shape index (κ2) is 6.75. The van der Waals surface area contributed by atoms with Gasteiger partial charge < -0.3 is 5.32 Å². The third-order valence-corrected chi connectivity index (χ3v) is 3.88. The first kappa shape index (κ1) is 15.6. The lowest BCUT2D eigenvalue weighted by molar-refractivity contribution is 0.101. The van der Waals surface area contributed by atoms with E-state index >= 15 is 0 Å². The largest absolute Gasteiger partial charge is 0.380 e. The molecule has 0 bridgehead atoms. The van der Waals surface area contributed by atoms with E-state index in [-0.39, 0.29) is 5.78 Å². The van der Waals surface area contributed by atoms with Crippen LogP contribution < -0.4 is 5.32 Å². The standard InChI is InChI=1S/C16H12BrClN2O/c1-10(21)11-2-3-12(8-19)16(6-11)20-9-13-4-5-14(17)7-15(13)18/h2-7,20H,9H2,1H3. The van der Waals surface area contributed by atoms with Gasteiger partial charge in [-0.1, -0.05) is 33.6 Å². The average molecular weight is 364 g/mol. The molecule has 0 atom stereocenters. The molecule has 0 fully saturated rings. The summed E-state index contributed by atoms with van der Waals surface area (Å²) in [4.78, 5) is 11.4. The van der Waals surface area contributed by atoms with Crippen LogP contribution >= 0.6 is 27.5 Å². The summed E-state index contributed by atoms with van der Waals surface area (Å²) in [6, 6.07) is 12.7. The van der Waals surface area contributed by atoms with E-state index in [9.17, 15) is 4.79 Å². The van der Waals surface area contributed by atoms with E-state index in [4.69, 9.17) is 16.9 Å². The molecule has 0 aromatic heterocycles. The van der Waals surface area contributed by atoms with Gasteiger partial charge in [-0.2, -0.15) is 5.26 Å². The number of carbonyl (C=O) groups is 1. The van der Waals surface area contributed by atoms with Crippen molar-refractivity contribution >= 4 is 39.0 Å². The van der Waals surface area contributed by atoms with Crippen LogP contribution in [0.1, 0.15) is 28.4 Å². The van der Waals surface area contributed by atoms with Gasteiger partial charge in [-0.15, -0.1) is 0 Å². The van der Waals surface area contributed by atoms with Crippen LogP contribution in [0, 0.1) is 11.3 Å². The summed E-state index contributed by atoms with van der Waals surface area (Å²) >= 11 is 9.52. The minimum absolute atomic E-state index is 0.0378. The summed E-state index contributed by atoms with van der Waals surface area (Å²) in [7, 11) is 0. The molecule has 0 aliphatic rings. The second-order valence-electron chi connectivity index (χ2n) is 4.52. The molecule has 21 heavy (non-hydrogen) atoms. The normalized spacial score (nSPS) is 10.0. The van der Waals surface area contributed by atoms with Gasteiger partial charge >= 0.3 is 0 Å². The lowest BCUT2D eigenvalue weighted by atomic mass is 10.1. The highest BCUT2D eigenvalue weighted by molar-refractivity contribution is 9.10. The summed E-state index contributed by atoms with van der Waals surface area (Å²) < 4.78 is 0.910. The molecule has 0 radical (unpaired) electrons. The van der Waals surface area contributed by atoms with Crippen molar-refractivity contribution in [2.24, 2.45) is 0 Å². The van der Waals surface area contributed by atoms with Crippen molar-refractivity contribution in [3.8, 4) is 6.07 Å². The lowest BCUT2D eigenvalue weighted by Crippen LogP contribution is -2.04. The fraction of sp³-hybridized carbons (Fsp3) is 0.125. The van der Waals surface area contributed by atoms with Crippen LogP contribution in [0.3, 0.4) is 0 Å². The molecule has 2 aromatic carbocycles. The molecular formula is C16H12BrClN2O. The highest BCUT2D eigenvalue weighted by Gasteiger charge is 2.07. The van der Waals surface area contributed by atoms with Crippen LogP contribution in [0.2, 0.25) is 5.02 Å². The first-order chi connectivity index (χ1) is 10.0. The Kier molecular flexibility index (Phi) is 5.00.